The minimum absolute atomic E-state index is 0.00377. The summed E-state index contributed by atoms with van der Waals surface area (Å²) in [4.78, 5) is 12.3. The Morgan fingerprint density at radius 1 is 1.35 bits per heavy atom. The largest absolute Gasteiger partial charge is 0.375 e. The van der Waals surface area contributed by atoms with Gasteiger partial charge in [-0.25, -0.2) is 8.78 Å². The van der Waals surface area contributed by atoms with Crippen LogP contribution in [-0.4, -0.2) is 18.0 Å². The Kier molecular flexibility index (Phi) is 3.59. The second-order valence-electron chi connectivity index (χ2n) is 5.93. The number of hydrogen-bond donors (Lipinski definition) is 0. The number of carbonyl (C=O) groups is 1. The highest BCUT2D eigenvalue weighted by atomic mass is 19.2. The van der Waals surface area contributed by atoms with Crippen molar-refractivity contribution < 1.29 is 18.3 Å². The molecule has 1 aliphatic heterocycles. The second-order valence-corrected chi connectivity index (χ2v) is 5.93. The molecule has 1 spiro atoms. The van der Waals surface area contributed by atoms with Crippen molar-refractivity contribution in [3.63, 3.8) is 0 Å². The first kappa shape index (κ1) is 13.7. The van der Waals surface area contributed by atoms with Gasteiger partial charge in [0.15, 0.2) is 11.6 Å². The summed E-state index contributed by atoms with van der Waals surface area (Å²) in [6, 6.07) is 3.99. The van der Waals surface area contributed by atoms with E-state index < -0.39 is 11.6 Å². The van der Waals surface area contributed by atoms with Crippen molar-refractivity contribution in [3.05, 3.63) is 35.4 Å². The van der Waals surface area contributed by atoms with Gasteiger partial charge in [-0.15, -0.1) is 0 Å². The standard InChI is InChI=1S/C16H18F2O2/c17-13-4-1-3-11(15(13)18)9-14(19)12-5-8-20-16(10-12)6-2-7-16/h1,3-4,12H,2,5-10H2. The van der Waals surface area contributed by atoms with E-state index in [1.807, 2.05) is 0 Å². The summed E-state index contributed by atoms with van der Waals surface area (Å²) in [6.07, 6.45) is 4.60. The van der Waals surface area contributed by atoms with Crippen LogP contribution in [0.15, 0.2) is 18.2 Å². The van der Waals surface area contributed by atoms with Crippen LogP contribution >= 0.6 is 0 Å². The van der Waals surface area contributed by atoms with E-state index in [-0.39, 0.29) is 29.3 Å². The lowest BCUT2D eigenvalue weighted by Crippen LogP contribution is -2.47. The van der Waals surface area contributed by atoms with E-state index in [4.69, 9.17) is 4.74 Å². The van der Waals surface area contributed by atoms with Crippen LogP contribution in [0.1, 0.15) is 37.7 Å². The van der Waals surface area contributed by atoms with Crippen molar-refractivity contribution in [2.45, 2.75) is 44.1 Å². The Balaban J connectivity index is 1.68. The first-order chi connectivity index (χ1) is 9.60. The Labute approximate surface area is 117 Å². The molecule has 1 unspecified atom stereocenters. The summed E-state index contributed by atoms with van der Waals surface area (Å²) < 4.78 is 32.5. The van der Waals surface area contributed by atoms with E-state index in [1.165, 1.54) is 12.1 Å². The summed E-state index contributed by atoms with van der Waals surface area (Å²) in [7, 11) is 0. The first-order valence-corrected chi connectivity index (χ1v) is 7.19. The number of rotatable bonds is 3. The van der Waals surface area contributed by atoms with Crippen LogP contribution in [0.2, 0.25) is 0 Å². The zero-order chi connectivity index (χ0) is 14.2. The van der Waals surface area contributed by atoms with Gasteiger partial charge in [0, 0.05) is 18.9 Å². The van der Waals surface area contributed by atoms with Crippen molar-refractivity contribution in [2.75, 3.05) is 6.61 Å². The molecule has 2 aliphatic rings. The van der Waals surface area contributed by atoms with Crippen molar-refractivity contribution in [2.24, 2.45) is 5.92 Å². The number of ketones is 1. The van der Waals surface area contributed by atoms with Gasteiger partial charge in [0.1, 0.15) is 5.78 Å². The molecule has 1 heterocycles. The zero-order valence-electron chi connectivity index (χ0n) is 11.3. The molecule has 0 N–H and O–H groups in total. The molecule has 1 aromatic carbocycles. The highest BCUT2D eigenvalue weighted by Crippen LogP contribution is 2.44. The van der Waals surface area contributed by atoms with Gasteiger partial charge in [-0.2, -0.15) is 0 Å². The monoisotopic (exact) mass is 280 g/mol. The fourth-order valence-corrected chi connectivity index (χ4v) is 3.24. The zero-order valence-corrected chi connectivity index (χ0v) is 11.3. The molecule has 1 atom stereocenters. The smallest absolute Gasteiger partial charge is 0.162 e. The molecule has 2 fully saturated rings. The van der Waals surface area contributed by atoms with Crippen molar-refractivity contribution in [3.8, 4) is 0 Å². The van der Waals surface area contributed by atoms with E-state index in [2.05, 4.69) is 0 Å². The van der Waals surface area contributed by atoms with Crippen molar-refractivity contribution >= 4 is 5.78 Å². The SMILES string of the molecule is O=C(Cc1cccc(F)c1F)C1CCOC2(CCC2)C1. The fraction of sp³-hybridized carbons (Fsp3) is 0.562. The van der Waals surface area contributed by atoms with Crippen LogP contribution in [0, 0.1) is 17.6 Å². The summed E-state index contributed by atoms with van der Waals surface area (Å²) in [5.41, 5.74) is 0.0585. The summed E-state index contributed by atoms with van der Waals surface area (Å²) in [5.74, 6) is -1.86. The van der Waals surface area contributed by atoms with Gasteiger partial charge >= 0.3 is 0 Å². The maximum atomic E-state index is 13.6. The summed E-state index contributed by atoms with van der Waals surface area (Å²) in [6.45, 7) is 0.599. The van der Waals surface area contributed by atoms with Crippen molar-refractivity contribution in [1.29, 1.82) is 0 Å². The van der Waals surface area contributed by atoms with Gasteiger partial charge in [-0.1, -0.05) is 12.1 Å². The molecule has 0 amide bonds. The predicted molar refractivity (Wildman–Crippen MR) is 70.3 cm³/mol. The molecule has 4 heteroatoms. The fourth-order valence-electron chi connectivity index (χ4n) is 3.24. The lowest BCUT2D eigenvalue weighted by molar-refractivity contribution is -0.155. The molecule has 0 bridgehead atoms. The van der Waals surface area contributed by atoms with E-state index in [0.717, 1.165) is 31.7 Å². The average Bonchev–Trinajstić information content (AvgIpc) is 2.42. The van der Waals surface area contributed by atoms with Gasteiger partial charge in [0.2, 0.25) is 0 Å². The number of hydrogen-bond acceptors (Lipinski definition) is 2. The normalized spacial score (nSPS) is 24.4. The molecule has 108 valence electrons. The molecule has 20 heavy (non-hydrogen) atoms. The molecular formula is C16H18F2O2. The number of carbonyl (C=O) groups excluding carboxylic acids is 1. The molecule has 1 aromatic rings. The molecule has 1 saturated heterocycles. The average molecular weight is 280 g/mol. The molecule has 3 rings (SSSR count). The van der Waals surface area contributed by atoms with Crippen LogP contribution in [-0.2, 0) is 16.0 Å². The number of Topliss-reactive ketones (excluding diaryl/α,β-unsaturated/α-hetero) is 1. The third kappa shape index (κ3) is 2.49. The molecule has 2 nitrogen and oxygen atoms in total. The number of benzene rings is 1. The molecule has 0 radical (unpaired) electrons. The highest BCUT2D eigenvalue weighted by molar-refractivity contribution is 5.83. The molecular weight excluding hydrogens is 262 g/mol. The van der Waals surface area contributed by atoms with Gasteiger partial charge in [0.05, 0.1) is 5.60 Å². The van der Waals surface area contributed by atoms with Crippen LogP contribution in [0.5, 0.6) is 0 Å². The first-order valence-electron chi connectivity index (χ1n) is 7.19. The third-order valence-corrected chi connectivity index (χ3v) is 4.61. The van der Waals surface area contributed by atoms with Gasteiger partial charge in [-0.3, -0.25) is 4.79 Å². The topological polar surface area (TPSA) is 26.3 Å². The van der Waals surface area contributed by atoms with Gasteiger partial charge < -0.3 is 4.74 Å². The Morgan fingerprint density at radius 2 is 2.15 bits per heavy atom. The van der Waals surface area contributed by atoms with Crippen LogP contribution < -0.4 is 0 Å². The minimum Gasteiger partial charge on any atom is -0.375 e. The summed E-state index contributed by atoms with van der Waals surface area (Å²) in [5, 5.41) is 0. The maximum Gasteiger partial charge on any atom is 0.162 e. The Morgan fingerprint density at radius 3 is 2.85 bits per heavy atom. The second kappa shape index (κ2) is 5.24. The summed E-state index contributed by atoms with van der Waals surface area (Å²) >= 11 is 0. The lowest BCUT2D eigenvalue weighted by Gasteiger charge is -2.46. The van der Waals surface area contributed by atoms with Crippen LogP contribution in [0.3, 0.4) is 0 Å². The predicted octanol–water partition coefficient (Wildman–Crippen LogP) is 3.43. The van der Waals surface area contributed by atoms with Crippen LogP contribution in [0.25, 0.3) is 0 Å². The molecule has 1 saturated carbocycles. The third-order valence-electron chi connectivity index (χ3n) is 4.61. The lowest BCUT2D eigenvalue weighted by atomic mass is 9.70. The molecule has 0 aromatic heterocycles. The van der Waals surface area contributed by atoms with E-state index in [9.17, 15) is 13.6 Å². The van der Waals surface area contributed by atoms with Gasteiger partial charge in [0.25, 0.3) is 0 Å². The van der Waals surface area contributed by atoms with E-state index >= 15 is 0 Å². The minimum atomic E-state index is -0.897. The highest BCUT2D eigenvalue weighted by Gasteiger charge is 2.44. The number of halogens is 2. The molecule has 1 aliphatic carbocycles. The Bertz CT molecular complexity index is 523. The van der Waals surface area contributed by atoms with E-state index in [0.29, 0.717) is 13.0 Å². The van der Waals surface area contributed by atoms with Gasteiger partial charge in [-0.05, 0) is 43.7 Å². The number of ether oxygens (including phenoxy) is 1. The Hall–Kier alpha value is -1.29. The quantitative estimate of drug-likeness (QED) is 0.848. The van der Waals surface area contributed by atoms with Crippen molar-refractivity contribution in [1.82, 2.24) is 0 Å². The van der Waals surface area contributed by atoms with E-state index in [1.54, 1.807) is 0 Å². The van der Waals surface area contributed by atoms with Crippen LogP contribution in [0.4, 0.5) is 8.78 Å². The maximum absolute atomic E-state index is 13.6.